The zero-order chi connectivity index (χ0) is 10.6. The van der Waals surface area contributed by atoms with Gasteiger partial charge in [0, 0.05) is 31.2 Å². The molecule has 0 aromatic rings. The first-order valence-corrected chi connectivity index (χ1v) is 5.80. The molecule has 2 nitrogen and oxygen atoms in total. The normalized spacial score (nSPS) is 31.4. The zero-order valence-corrected chi connectivity index (χ0v) is 9.79. The van der Waals surface area contributed by atoms with Crippen LogP contribution >= 0.6 is 0 Å². The molecule has 1 fully saturated rings. The van der Waals surface area contributed by atoms with E-state index < -0.39 is 0 Å². The fraction of sp³-hybridized carbons (Fsp3) is 0.833. The molecule has 3 unspecified atom stereocenters. The molecular formula is C12H24N2. The van der Waals surface area contributed by atoms with Crippen molar-refractivity contribution in [2.45, 2.75) is 51.7 Å². The van der Waals surface area contributed by atoms with Crippen LogP contribution in [0.1, 0.15) is 33.6 Å². The Morgan fingerprint density at radius 2 is 2.36 bits per heavy atom. The summed E-state index contributed by atoms with van der Waals surface area (Å²) in [4.78, 5) is 2.55. The lowest BCUT2D eigenvalue weighted by Gasteiger charge is -2.41. The summed E-state index contributed by atoms with van der Waals surface area (Å²) in [6.07, 6.45) is 4.60. The Morgan fingerprint density at radius 1 is 1.64 bits per heavy atom. The van der Waals surface area contributed by atoms with Crippen molar-refractivity contribution in [3.05, 3.63) is 12.7 Å². The van der Waals surface area contributed by atoms with E-state index in [9.17, 15) is 0 Å². The second-order valence-electron chi connectivity index (χ2n) is 4.42. The first kappa shape index (κ1) is 11.7. The number of hydrogen-bond donors (Lipinski definition) is 1. The molecule has 82 valence electrons. The van der Waals surface area contributed by atoms with E-state index in [0.717, 1.165) is 6.54 Å². The number of nitrogens with zero attached hydrogens (tertiary/aromatic N) is 1. The van der Waals surface area contributed by atoms with E-state index in [1.54, 1.807) is 0 Å². The van der Waals surface area contributed by atoms with Crippen LogP contribution in [-0.2, 0) is 0 Å². The summed E-state index contributed by atoms with van der Waals surface area (Å²) in [5.74, 6) is 0. The van der Waals surface area contributed by atoms with Crippen LogP contribution in [-0.4, -0.2) is 36.1 Å². The van der Waals surface area contributed by atoms with Gasteiger partial charge in [0.05, 0.1) is 0 Å². The maximum atomic E-state index is 3.88. The van der Waals surface area contributed by atoms with Gasteiger partial charge in [-0.15, -0.1) is 6.58 Å². The third-order valence-corrected chi connectivity index (χ3v) is 3.20. The molecule has 3 atom stereocenters. The molecule has 0 saturated carbocycles. The first-order valence-electron chi connectivity index (χ1n) is 5.80. The lowest BCUT2D eigenvalue weighted by Crippen LogP contribution is -2.57. The summed E-state index contributed by atoms with van der Waals surface area (Å²) in [7, 11) is 0. The second-order valence-corrected chi connectivity index (χ2v) is 4.42. The molecule has 1 rings (SSSR count). The van der Waals surface area contributed by atoms with Crippen molar-refractivity contribution in [3.63, 3.8) is 0 Å². The van der Waals surface area contributed by atoms with Gasteiger partial charge in [0.15, 0.2) is 0 Å². The summed E-state index contributed by atoms with van der Waals surface area (Å²) < 4.78 is 0. The Kier molecular flexibility index (Phi) is 4.63. The number of piperazine rings is 1. The SMILES string of the molecule is C=CC(C)N1CC(CCC)NCC1C. The first-order chi connectivity index (χ1) is 6.69. The molecule has 0 bridgehead atoms. The summed E-state index contributed by atoms with van der Waals surface area (Å²) in [6, 6.07) is 1.82. The molecule has 1 aliphatic heterocycles. The van der Waals surface area contributed by atoms with E-state index in [2.05, 4.69) is 37.6 Å². The molecule has 0 radical (unpaired) electrons. The molecule has 1 heterocycles. The summed E-state index contributed by atoms with van der Waals surface area (Å²) >= 11 is 0. The predicted molar refractivity (Wildman–Crippen MR) is 62.5 cm³/mol. The zero-order valence-electron chi connectivity index (χ0n) is 9.79. The van der Waals surface area contributed by atoms with Gasteiger partial charge in [0.25, 0.3) is 0 Å². The van der Waals surface area contributed by atoms with Crippen molar-refractivity contribution in [3.8, 4) is 0 Å². The molecule has 14 heavy (non-hydrogen) atoms. The highest BCUT2D eigenvalue weighted by Gasteiger charge is 2.26. The van der Waals surface area contributed by atoms with Crippen LogP contribution < -0.4 is 5.32 Å². The van der Waals surface area contributed by atoms with Crippen LogP contribution in [0.25, 0.3) is 0 Å². The smallest absolute Gasteiger partial charge is 0.0251 e. The van der Waals surface area contributed by atoms with Gasteiger partial charge >= 0.3 is 0 Å². The van der Waals surface area contributed by atoms with Gasteiger partial charge in [0.1, 0.15) is 0 Å². The molecule has 0 spiro atoms. The Labute approximate surface area is 88.4 Å². The van der Waals surface area contributed by atoms with Crippen molar-refractivity contribution in [1.29, 1.82) is 0 Å². The maximum absolute atomic E-state index is 3.88. The molecule has 0 aromatic carbocycles. The van der Waals surface area contributed by atoms with Crippen molar-refractivity contribution in [2.24, 2.45) is 0 Å². The highest BCUT2D eigenvalue weighted by atomic mass is 15.2. The fourth-order valence-electron chi connectivity index (χ4n) is 2.20. The maximum Gasteiger partial charge on any atom is 0.0251 e. The third-order valence-electron chi connectivity index (χ3n) is 3.20. The van der Waals surface area contributed by atoms with Gasteiger partial charge in [-0.25, -0.2) is 0 Å². The van der Waals surface area contributed by atoms with Gasteiger partial charge in [-0.1, -0.05) is 19.4 Å². The Balaban J connectivity index is 2.50. The lowest BCUT2D eigenvalue weighted by atomic mass is 10.0. The minimum Gasteiger partial charge on any atom is -0.311 e. The van der Waals surface area contributed by atoms with Crippen molar-refractivity contribution in [2.75, 3.05) is 13.1 Å². The van der Waals surface area contributed by atoms with Gasteiger partial charge in [-0.3, -0.25) is 4.90 Å². The van der Waals surface area contributed by atoms with Crippen LogP contribution in [0.5, 0.6) is 0 Å². The lowest BCUT2D eigenvalue weighted by molar-refractivity contribution is 0.116. The highest BCUT2D eigenvalue weighted by molar-refractivity contribution is 4.92. The fourth-order valence-corrected chi connectivity index (χ4v) is 2.20. The van der Waals surface area contributed by atoms with Crippen LogP contribution in [0, 0.1) is 0 Å². The Morgan fingerprint density at radius 3 is 2.93 bits per heavy atom. The molecule has 1 saturated heterocycles. The van der Waals surface area contributed by atoms with E-state index >= 15 is 0 Å². The molecule has 1 aliphatic rings. The van der Waals surface area contributed by atoms with E-state index in [4.69, 9.17) is 0 Å². The van der Waals surface area contributed by atoms with E-state index in [1.807, 2.05) is 6.08 Å². The van der Waals surface area contributed by atoms with Crippen molar-refractivity contribution < 1.29 is 0 Å². The average molecular weight is 196 g/mol. The molecular weight excluding hydrogens is 172 g/mol. The summed E-state index contributed by atoms with van der Waals surface area (Å²) in [5.41, 5.74) is 0. The highest BCUT2D eigenvalue weighted by Crippen LogP contribution is 2.14. The van der Waals surface area contributed by atoms with Gasteiger partial charge in [0.2, 0.25) is 0 Å². The quantitative estimate of drug-likeness (QED) is 0.692. The van der Waals surface area contributed by atoms with E-state index in [-0.39, 0.29) is 0 Å². The van der Waals surface area contributed by atoms with Gasteiger partial charge < -0.3 is 5.32 Å². The van der Waals surface area contributed by atoms with Gasteiger partial charge in [-0.05, 0) is 20.3 Å². The third kappa shape index (κ3) is 2.82. The standard InChI is InChI=1S/C12H24N2/c1-5-7-12-9-14(10(3)6-2)11(4)8-13-12/h6,10-13H,2,5,7-9H2,1,3-4H3. The minimum absolute atomic E-state index is 0.506. The van der Waals surface area contributed by atoms with Crippen LogP contribution in [0.3, 0.4) is 0 Å². The van der Waals surface area contributed by atoms with Crippen molar-refractivity contribution >= 4 is 0 Å². The summed E-state index contributed by atoms with van der Waals surface area (Å²) in [6.45, 7) is 12.9. The molecule has 0 aromatic heterocycles. The van der Waals surface area contributed by atoms with Crippen LogP contribution in [0.4, 0.5) is 0 Å². The van der Waals surface area contributed by atoms with E-state index in [0.29, 0.717) is 18.1 Å². The number of rotatable bonds is 4. The summed E-state index contributed by atoms with van der Waals surface area (Å²) in [5, 5.41) is 3.60. The average Bonchev–Trinajstić information content (AvgIpc) is 2.20. The van der Waals surface area contributed by atoms with Gasteiger partial charge in [-0.2, -0.15) is 0 Å². The molecule has 1 N–H and O–H groups in total. The van der Waals surface area contributed by atoms with E-state index in [1.165, 1.54) is 19.4 Å². The second kappa shape index (κ2) is 5.52. The Hall–Kier alpha value is -0.340. The molecule has 0 aliphatic carbocycles. The van der Waals surface area contributed by atoms with Crippen molar-refractivity contribution in [1.82, 2.24) is 10.2 Å². The molecule has 2 heteroatoms. The number of nitrogens with one attached hydrogen (secondary N) is 1. The van der Waals surface area contributed by atoms with Crippen LogP contribution in [0.15, 0.2) is 12.7 Å². The Bertz CT molecular complexity index is 179. The monoisotopic (exact) mass is 196 g/mol. The largest absolute Gasteiger partial charge is 0.311 e. The topological polar surface area (TPSA) is 15.3 Å². The number of hydrogen-bond acceptors (Lipinski definition) is 2. The van der Waals surface area contributed by atoms with Crippen LogP contribution in [0.2, 0.25) is 0 Å². The molecule has 0 amide bonds. The minimum atomic E-state index is 0.506. The predicted octanol–water partition coefficient (Wildman–Crippen LogP) is 2.02.